The maximum atomic E-state index is 13.2. The second-order valence-electron chi connectivity index (χ2n) is 6.71. The number of nitrogens with zero attached hydrogens (tertiary/aromatic N) is 1. The van der Waals surface area contributed by atoms with Crippen molar-refractivity contribution in [3.63, 3.8) is 0 Å². The first-order chi connectivity index (χ1) is 13.4. The van der Waals surface area contributed by atoms with E-state index in [-0.39, 0.29) is 24.8 Å². The van der Waals surface area contributed by atoms with Gasteiger partial charge in [-0.3, -0.25) is 9.59 Å². The second kappa shape index (κ2) is 10.5. The van der Waals surface area contributed by atoms with Gasteiger partial charge in [0.15, 0.2) is 0 Å². The van der Waals surface area contributed by atoms with Crippen molar-refractivity contribution in [2.75, 3.05) is 6.54 Å². The van der Waals surface area contributed by atoms with Crippen molar-refractivity contribution >= 4 is 35.0 Å². The minimum absolute atomic E-state index is 0.139. The summed E-state index contributed by atoms with van der Waals surface area (Å²) in [7, 11) is 0. The molecular formula is C22H26Cl2N2O2. The van der Waals surface area contributed by atoms with Crippen LogP contribution in [0.1, 0.15) is 37.0 Å². The molecule has 0 aliphatic heterocycles. The van der Waals surface area contributed by atoms with Gasteiger partial charge in [-0.25, -0.2) is 0 Å². The Kier molecular flexibility index (Phi) is 8.34. The van der Waals surface area contributed by atoms with Crippen molar-refractivity contribution < 1.29 is 9.59 Å². The molecule has 0 saturated heterocycles. The number of amides is 2. The van der Waals surface area contributed by atoms with Gasteiger partial charge in [0.2, 0.25) is 11.8 Å². The molecule has 2 aromatic rings. The van der Waals surface area contributed by atoms with Gasteiger partial charge in [-0.2, -0.15) is 0 Å². The molecule has 0 aromatic heterocycles. The SMILES string of the molecule is CCNC(=O)C(CC)N(Cc1c(Cl)cccc1Cl)C(=O)Cc1cccc(C)c1. The largest absolute Gasteiger partial charge is 0.355 e. The summed E-state index contributed by atoms with van der Waals surface area (Å²) in [6, 6.07) is 12.4. The number of benzene rings is 2. The van der Waals surface area contributed by atoms with Gasteiger partial charge in [-0.05, 0) is 38.0 Å². The molecule has 4 nitrogen and oxygen atoms in total. The minimum atomic E-state index is -0.593. The first-order valence-corrected chi connectivity index (χ1v) is 10.2. The Morgan fingerprint density at radius 3 is 2.29 bits per heavy atom. The number of nitrogens with one attached hydrogen (secondary N) is 1. The van der Waals surface area contributed by atoms with E-state index in [1.54, 1.807) is 23.1 Å². The van der Waals surface area contributed by atoms with E-state index < -0.39 is 6.04 Å². The Hall–Kier alpha value is -2.04. The van der Waals surface area contributed by atoms with Crippen LogP contribution in [0.25, 0.3) is 0 Å². The van der Waals surface area contributed by atoms with Gasteiger partial charge in [-0.15, -0.1) is 0 Å². The molecule has 1 N–H and O–H groups in total. The molecule has 0 aliphatic rings. The fourth-order valence-corrected chi connectivity index (χ4v) is 3.68. The fraction of sp³-hybridized carbons (Fsp3) is 0.364. The first-order valence-electron chi connectivity index (χ1n) is 9.42. The van der Waals surface area contributed by atoms with Gasteiger partial charge in [0.05, 0.1) is 6.42 Å². The predicted molar refractivity (Wildman–Crippen MR) is 115 cm³/mol. The van der Waals surface area contributed by atoms with E-state index in [2.05, 4.69) is 5.32 Å². The molecule has 0 spiro atoms. The first kappa shape index (κ1) is 22.3. The van der Waals surface area contributed by atoms with Crippen molar-refractivity contribution in [2.24, 2.45) is 0 Å². The number of hydrogen-bond donors (Lipinski definition) is 1. The lowest BCUT2D eigenvalue weighted by Crippen LogP contribution is -2.49. The maximum absolute atomic E-state index is 13.2. The number of halogens is 2. The number of aryl methyl sites for hydroxylation is 1. The Morgan fingerprint density at radius 2 is 1.71 bits per heavy atom. The monoisotopic (exact) mass is 420 g/mol. The van der Waals surface area contributed by atoms with E-state index in [4.69, 9.17) is 23.2 Å². The highest BCUT2D eigenvalue weighted by Crippen LogP contribution is 2.27. The third-order valence-corrected chi connectivity index (χ3v) is 5.27. The molecule has 2 rings (SSSR count). The summed E-state index contributed by atoms with van der Waals surface area (Å²) in [5.41, 5.74) is 2.64. The fourth-order valence-electron chi connectivity index (χ4n) is 3.16. The molecule has 2 amide bonds. The topological polar surface area (TPSA) is 49.4 Å². The van der Waals surface area contributed by atoms with Gasteiger partial charge in [0.1, 0.15) is 6.04 Å². The van der Waals surface area contributed by atoms with Crippen LogP contribution in [0.4, 0.5) is 0 Å². The molecule has 2 aromatic carbocycles. The molecule has 1 atom stereocenters. The predicted octanol–water partition coefficient (Wildman–Crippen LogP) is 4.79. The van der Waals surface area contributed by atoms with E-state index >= 15 is 0 Å². The number of hydrogen-bond acceptors (Lipinski definition) is 2. The van der Waals surface area contributed by atoms with Gasteiger partial charge < -0.3 is 10.2 Å². The third-order valence-electron chi connectivity index (χ3n) is 4.56. The van der Waals surface area contributed by atoms with Crippen LogP contribution in [0.15, 0.2) is 42.5 Å². The maximum Gasteiger partial charge on any atom is 0.242 e. The molecule has 0 heterocycles. The van der Waals surface area contributed by atoms with Crippen LogP contribution in [0.3, 0.4) is 0 Å². The number of carbonyl (C=O) groups excluding carboxylic acids is 2. The Bertz CT molecular complexity index is 819. The normalized spacial score (nSPS) is 11.8. The molecule has 6 heteroatoms. The van der Waals surface area contributed by atoms with Crippen molar-refractivity contribution in [1.82, 2.24) is 10.2 Å². The zero-order valence-corrected chi connectivity index (χ0v) is 18.0. The van der Waals surface area contributed by atoms with Gasteiger partial charge >= 0.3 is 0 Å². The van der Waals surface area contributed by atoms with Crippen LogP contribution in [0.2, 0.25) is 10.0 Å². The second-order valence-corrected chi connectivity index (χ2v) is 7.52. The van der Waals surface area contributed by atoms with E-state index in [1.165, 1.54) is 0 Å². The highest BCUT2D eigenvalue weighted by molar-refractivity contribution is 6.36. The third kappa shape index (κ3) is 5.73. The molecule has 150 valence electrons. The number of rotatable bonds is 8. The molecule has 1 unspecified atom stereocenters. The smallest absolute Gasteiger partial charge is 0.242 e. The highest BCUT2D eigenvalue weighted by Gasteiger charge is 2.29. The van der Waals surface area contributed by atoms with Crippen molar-refractivity contribution in [3.05, 3.63) is 69.2 Å². The summed E-state index contributed by atoms with van der Waals surface area (Å²) in [5.74, 6) is -0.314. The lowest BCUT2D eigenvalue weighted by Gasteiger charge is -2.31. The quantitative estimate of drug-likeness (QED) is 0.667. The van der Waals surface area contributed by atoms with E-state index in [0.717, 1.165) is 11.1 Å². The lowest BCUT2D eigenvalue weighted by atomic mass is 10.1. The van der Waals surface area contributed by atoms with E-state index in [9.17, 15) is 9.59 Å². The highest BCUT2D eigenvalue weighted by atomic mass is 35.5. The van der Waals surface area contributed by atoms with Crippen LogP contribution in [-0.2, 0) is 22.6 Å². The zero-order valence-electron chi connectivity index (χ0n) is 16.5. The van der Waals surface area contributed by atoms with Crippen molar-refractivity contribution in [1.29, 1.82) is 0 Å². The average Bonchev–Trinajstić information content (AvgIpc) is 2.64. The summed E-state index contributed by atoms with van der Waals surface area (Å²) in [6.45, 7) is 6.41. The van der Waals surface area contributed by atoms with Gasteiger partial charge in [0, 0.05) is 28.7 Å². The standard InChI is InChI=1S/C22H26Cl2N2O2/c1-4-20(22(28)25-5-2)26(14-17-18(23)10-7-11-19(17)24)21(27)13-16-9-6-8-15(3)12-16/h6-12,20H,4-5,13-14H2,1-3H3,(H,25,28). The molecular weight excluding hydrogens is 395 g/mol. The van der Waals surface area contributed by atoms with Crippen LogP contribution in [0, 0.1) is 6.92 Å². The molecule has 0 bridgehead atoms. The molecule has 0 saturated carbocycles. The molecule has 0 aliphatic carbocycles. The van der Waals surface area contributed by atoms with Crippen molar-refractivity contribution in [3.8, 4) is 0 Å². The Morgan fingerprint density at radius 1 is 1.07 bits per heavy atom. The number of carbonyl (C=O) groups is 2. The lowest BCUT2D eigenvalue weighted by molar-refractivity contribution is -0.140. The Labute approximate surface area is 176 Å². The van der Waals surface area contributed by atoms with Gasteiger partial charge in [0.25, 0.3) is 0 Å². The molecule has 0 fully saturated rings. The summed E-state index contributed by atoms with van der Waals surface area (Å²) in [5, 5.41) is 3.78. The van der Waals surface area contributed by atoms with E-state index in [0.29, 0.717) is 28.6 Å². The van der Waals surface area contributed by atoms with Crippen LogP contribution in [-0.4, -0.2) is 29.3 Å². The van der Waals surface area contributed by atoms with Crippen LogP contribution < -0.4 is 5.32 Å². The Balaban J connectivity index is 2.36. The number of likely N-dealkylation sites (N-methyl/N-ethyl adjacent to an activating group) is 1. The summed E-state index contributed by atoms with van der Waals surface area (Å²) in [4.78, 5) is 27.4. The van der Waals surface area contributed by atoms with Crippen LogP contribution in [0.5, 0.6) is 0 Å². The average molecular weight is 421 g/mol. The minimum Gasteiger partial charge on any atom is -0.355 e. The van der Waals surface area contributed by atoms with Crippen LogP contribution >= 0.6 is 23.2 Å². The summed E-state index contributed by atoms with van der Waals surface area (Å²) >= 11 is 12.6. The molecule has 28 heavy (non-hydrogen) atoms. The van der Waals surface area contributed by atoms with E-state index in [1.807, 2.05) is 45.0 Å². The van der Waals surface area contributed by atoms with Crippen molar-refractivity contribution in [2.45, 2.75) is 46.2 Å². The summed E-state index contributed by atoms with van der Waals surface area (Å²) in [6.07, 6.45) is 0.702. The zero-order chi connectivity index (χ0) is 20.7. The molecule has 0 radical (unpaired) electrons. The summed E-state index contributed by atoms with van der Waals surface area (Å²) < 4.78 is 0. The van der Waals surface area contributed by atoms with Gasteiger partial charge in [-0.1, -0.05) is 66.0 Å².